The highest BCUT2D eigenvalue weighted by molar-refractivity contribution is 7.90. The van der Waals surface area contributed by atoms with Crippen molar-refractivity contribution in [3.63, 3.8) is 0 Å². The van der Waals surface area contributed by atoms with Crippen LogP contribution < -0.4 is 0 Å². The molecule has 2 atom stereocenters. The fourth-order valence-corrected chi connectivity index (χ4v) is 5.45. The van der Waals surface area contributed by atoms with Gasteiger partial charge in [-0.05, 0) is 46.1 Å². The van der Waals surface area contributed by atoms with Gasteiger partial charge in [0.25, 0.3) is 0 Å². The van der Waals surface area contributed by atoms with E-state index in [1.54, 1.807) is 4.31 Å². The summed E-state index contributed by atoms with van der Waals surface area (Å²) in [5.74, 6) is 0.439. The van der Waals surface area contributed by atoms with Crippen LogP contribution in [0.15, 0.2) is 0 Å². The number of nitrogens with zero attached hydrogens (tertiary/aromatic N) is 2. The van der Waals surface area contributed by atoms with Gasteiger partial charge in [0.2, 0.25) is 10.0 Å². The van der Waals surface area contributed by atoms with Crippen LogP contribution in [0.2, 0.25) is 0 Å². The molecule has 23 heavy (non-hydrogen) atoms. The first-order valence-electron chi connectivity index (χ1n) is 8.73. The molecule has 0 bridgehead atoms. The summed E-state index contributed by atoms with van der Waals surface area (Å²) in [6, 6.07) is 0.503. The summed E-state index contributed by atoms with van der Waals surface area (Å²) >= 11 is 0. The number of hydrogen-bond acceptors (Lipinski definition) is 5. The minimum Gasteiger partial charge on any atom is -0.377 e. The van der Waals surface area contributed by atoms with Crippen molar-refractivity contribution in [1.82, 2.24) is 9.21 Å². The van der Waals surface area contributed by atoms with Crippen molar-refractivity contribution in [3.8, 4) is 0 Å². The Balaban J connectivity index is 1.66. The van der Waals surface area contributed by atoms with E-state index < -0.39 is 15.6 Å². The lowest BCUT2D eigenvalue weighted by molar-refractivity contribution is -0.0513. The Kier molecular flexibility index (Phi) is 5.05. The average Bonchev–Trinajstić information content (AvgIpc) is 3.28. The molecular weight excluding hydrogens is 316 g/mol. The van der Waals surface area contributed by atoms with Crippen LogP contribution in [0.25, 0.3) is 0 Å². The maximum Gasteiger partial charge on any atom is 0.217 e. The van der Waals surface area contributed by atoms with Crippen LogP contribution in [-0.4, -0.2) is 81.0 Å². The molecule has 0 aromatic carbocycles. The Hall–Kier alpha value is -0.210. The van der Waals surface area contributed by atoms with E-state index in [1.165, 1.54) is 0 Å². The van der Waals surface area contributed by atoms with E-state index in [0.29, 0.717) is 44.9 Å². The van der Waals surface area contributed by atoms with Gasteiger partial charge < -0.3 is 14.4 Å². The first-order chi connectivity index (χ1) is 10.8. The van der Waals surface area contributed by atoms with Gasteiger partial charge in [-0.3, -0.25) is 0 Å². The summed E-state index contributed by atoms with van der Waals surface area (Å²) in [5.41, 5.74) is -0.457. The molecule has 2 aliphatic heterocycles. The second kappa shape index (κ2) is 6.59. The van der Waals surface area contributed by atoms with Crippen LogP contribution >= 0.6 is 0 Å². The molecule has 6 nitrogen and oxygen atoms in total. The predicted molar refractivity (Wildman–Crippen MR) is 88.9 cm³/mol. The van der Waals surface area contributed by atoms with Crippen molar-refractivity contribution in [1.29, 1.82) is 0 Å². The van der Waals surface area contributed by atoms with Crippen LogP contribution in [0.1, 0.15) is 33.1 Å². The molecule has 1 spiro atoms. The fraction of sp³-hybridized carbons (Fsp3) is 1.00. The molecule has 1 saturated carbocycles. The van der Waals surface area contributed by atoms with E-state index in [9.17, 15) is 8.42 Å². The van der Waals surface area contributed by atoms with Gasteiger partial charge in [0, 0.05) is 25.7 Å². The molecule has 0 aromatic heterocycles. The lowest BCUT2D eigenvalue weighted by atomic mass is 9.94. The van der Waals surface area contributed by atoms with Gasteiger partial charge in [-0.1, -0.05) is 0 Å². The number of hydrogen-bond donors (Lipinski definition) is 0. The molecule has 3 rings (SSSR count). The van der Waals surface area contributed by atoms with E-state index in [4.69, 9.17) is 9.47 Å². The molecule has 3 aliphatic rings. The van der Waals surface area contributed by atoms with Crippen LogP contribution in [0.3, 0.4) is 0 Å². The second-order valence-corrected chi connectivity index (χ2v) is 9.94. The highest BCUT2D eigenvalue weighted by Gasteiger charge is 2.48. The Labute approximate surface area is 140 Å². The monoisotopic (exact) mass is 346 g/mol. The van der Waals surface area contributed by atoms with Crippen LogP contribution in [0, 0.1) is 5.92 Å². The molecule has 0 N–H and O–H groups in total. The molecule has 7 heteroatoms. The topological polar surface area (TPSA) is 59.1 Å². The van der Waals surface area contributed by atoms with E-state index >= 15 is 0 Å². The molecule has 2 heterocycles. The van der Waals surface area contributed by atoms with E-state index in [2.05, 4.69) is 25.8 Å². The van der Waals surface area contributed by atoms with Crippen molar-refractivity contribution in [2.45, 2.75) is 50.0 Å². The minimum absolute atomic E-state index is 0.165. The third-order valence-electron chi connectivity index (χ3n) is 5.33. The van der Waals surface area contributed by atoms with Gasteiger partial charge in [0.15, 0.2) is 0 Å². The SMILES string of the molecule is CC(C)N(C)C[C@@H]1CO[C@@]2(COCCN(S(=O)(=O)C3CC3)C2)C1. The van der Waals surface area contributed by atoms with Crippen molar-refractivity contribution < 1.29 is 17.9 Å². The first kappa shape index (κ1) is 17.6. The summed E-state index contributed by atoms with van der Waals surface area (Å²) in [6.45, 7) is 7.93. The molecule has 0 unspecified atom stereocenters. The summed E-state index contributed by atoms with van der Waals surface area (Å²) in [5, 5.41) is -0.165. The third-order valence-corrected chi connectivity index (χ3v) is 7.68. The molecule has 0 aromatic rings. The largest absolute Gasteiger partial charge is 0.377 e. The summed E-state index contributed by atoms with van der Waals surface area (Å²) in [4.78, 5) is 2.32. The first-order valence-corrected chi connectivity index (χ1v) is 10.2. The Bertz CT molecular complexity index is 520. The number of rotatable bonds is 5. The fourth-order valence-electron chi connectivity index (χ4n) is 3.55. The zero-order valence-electron chi connectivity index (χ0n) is 14.5. The van der Waals surface area contributed by atoms with Gasteiger partial charge in [0.05, 0.1) is 25.1 Å². The van der Waals surface area contributed by atoms with Gasteiger partial charge in [0.1, 0.15) is 5.60 Å². The van der Waals surface area contributed by atoms with Crippen LogP contribution in [-0.2, 0) is 19.5 Å². The van der Waals surface area contributed by atoms with Crippen LogP contribution in [0.4, 0.5) is 0 Å². The Morgan fingerprint density at radius 2 is 2.09 bits per heavy atom. The summed E-state index contributed by atoms with van der Waals surface area (Å²) < 4.78 is 38.7. The summed E-state index contributed by atoms with van der Waals surface area (Å²) in [7, 11) is -1.04. The van der Waals surface area contributed by atoms with Gasteiger partial charge >= 0.3 is 0 Å². The predicted octanol–water partition coefficient (Wildman–Crippen LogP) is 0.926. The zero-order chi connectivity index (χ0) is 16.7. The summed E-state index contributed by atoms with van der Waals surface area (Å²) in [6.07, 6.45) is 2.48. The van der Waals surface area contributed by atoms with Crippen molar-refractivity contribution in [2.24, 2.45) is 5.92 Å². The Morgan fingerprint density at radius 1 is 1.35 bits per heavy atom. The highest BCUT2D eigenvalue weighted by Crippen LogP contribution is 2.37. The quantitative estimate of drug-likeness (QED) is 0.741. The smallest absolute Gasteiger partial charge is 0.217 e. The molecule has 2 saturated heterocycles. The third kappa shape index (κ3) is 3.90. The van der Waals surface area contributed by atoms with Gasteiger partial charge in [-0.25, -0.2) is 8.42 Å². The maximum atomic E-state index is 12.6. The zero-order valence-corrected chi connectivity index (χ0v) is 15.3. The molecule has 134 valence electrons. The van der Waals surface area contributed by atoms with E-state index in [-0.39, 0.29) is 5.25 Å². The maximum absolute atomic E-state index is 12.6. The van der Waals surface area contributed by atoms with Gasteiger partial charge in [-0.2, -0.15) is 4.31 Å². The van der Waals surface area contributed by atoms with Crippen molar-refractivity contribution in [3.05, 3.63) is 0 Å². The molecular formula is C16H30N2O4S. The highest BCUT2D eigenvalue weighted by atomic mass is 32.2. The lowest BCUT2D eigenvalue weighted by Gasteiger charge is -2.31. The van der Waals surface area contributed by atoms with Crippen LogP contribution in [0.5, 0.6) is 0 Å². The lowest BCUT2D eigenvalue weighted by Crippen LogP contribution is -2.47. The molecule has 3 fully saturated rings. The minimum atomic E-state index is -3.17. The number of sulfonamides is 1. The second-order valence-electron chi connectivity index (χ2n) is 7.73. The standard InChI is InChI=1S/C16H30N2O4S/c1-13(2)17(3)9-14-8-16(22-10-14)11-18(6-7-21-12-16)23(19,20)15-4-5-15/h13-15H,4-12H2,1-3H3/t14-,16+/m1/s1. The molecule has 1 aliphatic carbocycles. The normalized spacial score (nSPS) is 33.7. The van der Waals surface area contributed by atoms with Crippen molar-refractivity contribution in [2.75, 3.05) is 46.5 Å². The Morgan fingerprint density at radius 3 is 2.74 bits per heavy atom. The van der Waals surface area contributed by atoms with Crippen molar-refractivity contribution >= 4 is 10.0 Å². The molecule has 0 radical (unpaired) electrons. The molecule has 0 amide bonds. The number of ether oxygens (including phenoxy) is 2. The van der Waals surface area contributed by atoms with Gasteiger partial charge in [-0.15, -0.1) is 0 Å². The average molecular weight is 346 g/mol. The van der Waals surface area contributed by atoms with E-state index in [1.807, 2.05) is 0 Å². The van der Waals surface area contributed by atoms with E-state index in [0.717, 1.165) is 25.8 Å².